The number of morpholine rings is 1. The number of hydrogen-bond acceptors (Lipinski definition) is 8. The molecule has 13 nitrogen and oxygen atoms in total. The summed E-state index contributed by atoms with van der Waals surface area (Å²) in [7, 11) is 0. The minimum absolute atomic E-state index is 0.146. The van der Waals surface area contributed by atoms with Crippen molar-refractivity contribution >= 4 is 28.7 Å². The van der Waals surface area contributed by atoms with Gasteiger partial charge in [-0.15, -0.1) is 0 Å². The fourth-order valence-electron chi connectivity index (χ4n) is 6.54. The van der Waals surface area contributed by atoms with Gasteiger partial charge in [0.25, 0.3) is 5.92 Å². The van der Waals surface area contributed by atoms with Gasteiger partial charge in [-0.25, -0.2) is 23.4 Å². The molecule has 0 aliphatic carbocycles. The third kappa shape index (κ3) is 7.63. The zero-order chi connectivity index (χ0) is 34.7. The van der Waals surface area contributed by atoms with Gasteiger partial charge in [0, 0.05) is 81.4 Å². The number of alkyl halides is 2. The first-order chi connectivity index (χ1) is 23.5. The standard InChI is InChI=1S/C34H40F2N8O5/c1-3-37-33(48)41-30-16-22(26-6-7-29(40-26)34(2,35)36)24(17-39-30)27-15-23-28(18-38-27)44(20-25(31(23)45)32(46)47)19-21-5-4-8-43(21)10-9-42-11-13-49-14-12-42/h6-7,15-18,20-21,40H,3-5,8-14,19H2,1-2H3,(H,46,47)(H2,37,39,41,48). The van der Waals surface area contributed by atoms with E-state index in [-0.39, 0.29) is 34.2 Å². The number of hydrogen-bond donors (Lipinski definition) is 4. The normalized spacial score (nSPS) is 17.4. The van der Waals surface area contributed by atoms with Crippen LogP contribution in [0.5, 0.6) is 0 Å². The molecule has 15 heteroatoms. The molecular formula is C34H40F2N8O5. The Morgan fingerprint density at radius 2 is 1.90 bits per heavy atom. The number of likely N-dealkylation sites (tertiary alicyclic amines) is 1. The van der Waals surface area contributed by atoms with E-state index in [1.165, 1.54) is 42.9 Å². The van der Waals surface area contributed by atoms with Crippen molar-refractivity contribution in [3.63, 3.8) is 0 Å². The number of halogens is 2. The molecule has 4 aromatic heterocycles. The number of carbonyl (C=O) groups is 2. The van der Waals surface area contributed by atoms with Gasteiger partial charge in [0.1, 0.15) is 11.4 Å². The number of aromatic carboxylic acids is 1. The maximum atomic E-state index is 14.2. The van der Waals surface area contributed by atoms with Crippen LogP contribution in [0.3, 0.4) is 0 Å². The number of urea groups is 1. The summed E-state index contributed by atoms with van der Waals surface area (Å²) in [6.07, 6.45) is 6.32. The Bertz CT molecular complexity index is 1900. The van der Waals surface area contributed by atoms with Gasteiger partial charge < -0.3 is 24.7 Å². The number of fused-ring (bicyclic) bond motifs is 1. The lowest BCUT2D eigenvalue weighted by atomic mass is 10.0. The van der Waals surface area contributed by atoms with Gasteiger partial charge >= 0.3 is 12.0 Å². The van der Waals surface area contributed by atoms with E-state index in [9.17, 15) is 28.3 Å². The molecule has 2 saturated heterocycles. The number of pyridine rings is 3. The van der Waals surface area contributed by atoms with E-state index in [1.54, 1.807) is 11.5 Å². The Hall–Kier alpha value is -4.73. The molecule has 0 aromatic carbocycles. The lowest BCUT2D eigenvalue weighted by molar-refractivity contribution is 0.0133. The lowest BCUT2D eigenvalue weighted by Crippen LogP contribution is -2.43. The molecule has 49 heavy (non-hydrogen) atoms. The molecule has 2 fully saturated rings. The number of amides is 2. The van der Waals surface area contributed by atoms with Crippen LogP contribution in [-0.4, -0.2) is 105 Å². The Morgan fingerprint density at radius 3 is 2.61 bits per heavy atom. The largest absolute Gasteiger partial charge is 0.477 e. The summed E-state index contributed by atoms with van der Waals surface area (Å²) in [5.41, 5.74) is 0.512. The average molecular weight is 679 g/mol. The highest BCUT2D eigenvalue weighted by Gasteiger charge is 2.28. The number of nitrogens with one attached hydrogen (secondary N) is 3. The van der Waals surface area contributed by atoms with E-state index in [2.05, 4.69) is 35.4 Å². The highest BCUT2D eigenvalue weighted by Crippen LogP contribution is 2.35. The van der Waals surface area contributed by atoms with Gasteiger partial charge in [-0.05, 0) is 50.6 Å². The predicted octanol–water partition coefficient (Wildman–Crippen LogP) is 4.20. The molecule has 2 aliphatic rings. The Balaban J connectivity index is 1.38. The molecule has 4 aromatic rings. The van der Waals surface area contributed by atoms with Crippen LogP contribution in [0, 0.1) is 0 Å². The van der Waals surface area contributed by atoms with E-state index < -0.39 is 23.4 Å². The molecule has 1 unspecified atom stereocenters. The summed E-state index contributed by atoms with van der Waals surface area (Å²) in [5, 5.41) is 15.4. The SMILES string of the molecule is CCNC(=O)Nc1cc(-c2ccc(C(C)(F)F)[nH]2)c(-c2cc3c(=O)c(C(=O)O)cn(CC4CCCN4CCN4CCOCC4)c3cn2)cn1. The summed E-state index contributed by atoms with van der Waals surface area (Å²) < 4.78 is 35.6. The van der Waals surface area contributed by atoms with Crippen molar-refractivity contribution in [1.29, 1.82) is 0 Å². The number of anilines is 1. The Morgan fingerprint density at radius 1 is 1.10 bits per heavy atom. The smallest absolute Gasteiger partial charge is 0.341 e. The molecule has 1 atom stereocenters. The Labute approximate surface area is 281 Å². The minimum Gasteiger partial charge on any atom is -0.477 e. The van der Waals surface area contributed by atoms with Crippen molar-refractivity contribution in [2.45, 2.75) is 45.2 Å². The fourth-order valence-corrected chi connectivity index (χ4v) is 6.54. The molecular weight excluding hydrogens is 638 g/mol. The first-order valence-electron chi connectivity index (χ1n) is 16.5. The van der Waals surface area contributed by atoms with Crippen molar-refractivity contribution in [2.24, 2.45) is 0 Å². The first kappa shape index (κ1) is 34.1. The number of rotatable bonds is 11. The maximum Gasteiger partial charge on any atom is 0.341 e. The second kappa shape index (κ2) is 14.4. The molecule has 4 N–H and O–H groups in total. The Kier molecular flexibility index (Phi) is 10.0. The number of carbonyl (C=O) groups excluding carboxylic acids is 1. The van der Waals surface area contributed by atoms with E-state index in [1.807, 2.05) is 0 Å². The van der Waals surface area contributed by atoms with E-state index in [0.717, 1.165) is 65.7 Å². The number of ether oxygens (including phenoxy) is 1. The molecule has 260 valence electrons. The lowest BCUT2D eigenvalue weighted by Gasteiger charge is -2.31. The number of aromatic amines is 1. The summed E-state index contributed by atoms with van der Waals surface area (Å²) >= 11 is 0. The van der Waals surface area contributed by atoms with Crippen molar-refractivity contribution in [3.8, 4) is 22.5 Å². The molecule has 0 spiro atoms. The van der Waals surface area contributed by atoms with Crippen LogP contribution in [0.25, 0.3) is 33.4 Å². The number of carboxylic acid groups (broad SMARTS) is 1. The van der Waals surface area contributed by atoms with Crippen molar-refractivity contribution < 1.29 is 28.2 Å². The molecule has 6 heterocycles. The fraction of sp³-hybridized carbons (Fsp3) is 0.441. The molecule has 0 radical (unpaired) electrons. The zero-order valence-electron chi connectivity index (χ0n) is 27.5. The van der Waals surface area contributed by atoms with Gasteiger partial charge in [-0.1, -0.05) is 0 Å². The summed E-state index contributed by atoms with van der Waals surface area (Å²) in [4.78, 5) is 54.7. The molecule has 0 saturated carbocycles. The second-order valence-electron chi connectivity index (χ2n) is 12.5. The maximum absolute atomic E-state index is 14.2. The average Bonchev–Trinajstić information content (AvgIpc) is 3.76. The van der Waals surface area contributed by atoms with Gasteiger partial charge in [-0.3, -0.25) is 24.9 Å². The summed E-state index contributed by atoms with van der Waals surface area (Å²) in [5.74, 6) is -4.31. The highest BCUT2D eigenvalue weighted by atomic mass is 19.3. The summed E-state index contributed by atoms with van der Waals surface area (Å²) in [6, 6.07) is 5.46. The van der Waals surface area contributed by atoms with Crippen LogP contribution in [0.4, 0.5) is 19.4 Å². The van der Waals surface area contributed by atoms with Crippen molar-refractivity contribution in [1.82, 2.24) is 34.6 Å². The number of nitrogens with zero attached hydrogens (tertiary/aromatic N) is 5. The van der Waals surface area contributed by atoms with Gasteiger partial charge in [-0.2, -0.15) is 0 Å². The van der Waals surface area contributed by atoms with Gasteiger partial charge in [0.05, 0.1) is 41.7 Å². The monoisotopic (exact) mass is 678 g/mol. The van der Waals surface area contributed by atoms with Crippen LogP contribution >= 0.6 is 0 Å². The minimum atomic E-state index is -3.13. The highest BCUT2D eigenvalue weighted by molar-refractivity contribution is 5.95. The van der Waals surface area contributed by atoms with Crippen LogP contribution < -0.4 is 16.1 Å². The predicted molar refractivity (Wildman–Crippen MR) is 180 cm³/mol. The first-order valence-corrected chi connectivity index (χ1v) is 16.5. The summed E-state index contributed by atoms with van der Waals surface area (Å²) in [6.45, 7) is 9.40. The quantitative estimate of drug-likeness (QED) is 0.183. The number of carboxylic acids is 1. The zero-order valence-corrected chi connectivity index (χ0v) is 27.5. The van der Waals surface area contributed by atoms with Crippen molar-refractivity contribution in [3.05, 3.63) is 64.3 Å². The van der Waals surface area contributed by atoms with Crippen LogP contribution in [0.15, 0.2) is 47.7 Å². The topological polar surface area (TPSA) is 158 Å². The van der Waals surface area contributed by atoms with Gasteiger partial charge in [0.2, 0.25) is 5.43 Å². The molecule has 2 aliphatic heterocycles. The van der Waals surface area contributed by atoms with E-state index >= 15 is 0 Å². The van der Waals surface area contributed by atoms with Crippen LogP contribution in [0.2, 0.25) is 0 Å². The molecule has 2 amide bonds. The van der Waals surface area contributed by atoms with Crippen LogP contribution in [0.1, 0.15) is 42.7 Å². The number of aromatic nitrogens is 4. The van der Waals surface area contributed by atoms with E-state index in [0.29, 0.717) is 35.4 Å². The van der Waals surface area contributed by atoms with Crippen molar-refractivity contribution in [2.75, 3.05) is 57.8 Å². The molecule has 0 bridgehead atoms. The van der Waals surface area contributed by atoms with Crippen LogP contribution in [-0.2, 0) is 17.2 Å². The van der Waals surface area contributed by atoms with E-state index in [4.69, 9.17) is 4.74 Å². The van der Waals surface area contributed by atoms with Gasteiger partial charge in [0.15, 0.2) is 0 Å². The number of H-pyrrole nitrogens is 1. The second-order valence-corrected chi connectivity index (χ2v) is 12.5. The third-order valence-electron chi connectivity index (χ3n) is 9.12. The third-order valence-corrected chi connectivity index (χ3v) is 9.12. The molecule has 6 rings (SSSR count).